The summed E-state index contributed by atoms with van der Waals surface area (Å²) in [5.41, 5.74) is 3.78. The molecule has 1 saturated heterocycles. The van der Waals surface area contributed by atoms with E-state index in [1.54, 1.807) is 6.26 Å². The molecule has 24 heavy (non-hydrogen) atoms. The number of carbonyl (C=O) groups is 1. The second kappa shape index (κ2) is 6.11. The molecule has 0 N–H and O–H groups in total. The Balaban J connectivity index is 1.57. The van der Waals surface area contributed by atoms with Crippen LogP contribution in [0.5, 0.6) is 0 Å². The van der Waals surface area contributed by atoms with Crippen LogP contribution >= 0.6 is 0 Å². The van der Waals surface area contributed by atoms with E-state index >= 15 is 0 Å². The summed E-state index contributed by atoms with van der Waals surface area (Å²) in [6.07, 6.45) is 4.09. The van der Waals surface area contributed by atoms with Crippen molar-refractivity contribution in [1.82, 2.24) is 9.88 Å². The van der Waals surface area contributed by atoms with Crippen molar-refractivity contribution in [2.75, 3.05) is 6.54 Å². The number of pyridine rings is 1. The molecule has 2 aromatic heterocycles. The number of hydrogen-bond acceptors (Lipinski definition) is 3. The van der Waals surface area contributed by atoms with E-state index in [0.717, 1.165) is 47.3 Å². The number of para-hydroxylation sites is 1. The van der Waals surface area contributed by atoms with E-state index in [9.17, 15) is 4.79 Å². The number of amides is 1. The molecule has 3 aromatic rings. The molecule has 0 saturated carbocycles. The van der Waals surface area contributed by atoms with Crippen molar-refractivity contribution in [3.8, 4) is 0 Å². The third kappa shape index (κ3) is 2.68. The molecule has 1 aliphatic heterocycles. The van der Waals surface area contributed by atoms with Gasteiger partial charge in [0, 0.05) is 23.2 Å². The summed E-state index contributed by atoms with van der Waals surface area (Å²) in [5, 5.41) is 1.02. The summed E-state index contributed by atoms with van der Waals surface area (Å²) in [6.45, 7) is 2.79. The van der Waals surface area contributed by atoms with Crippen molar-refractivity contribution in [3.63, 3.8) is 0 Å². The Morgan fingerprint density at radius 3 is 3.00 bits per heavy atom. The quantitative estimate of drug-likeness (QED) is 0.731. The summed E-state index contributed by atoms with van der Waals surface area (Å²) in [4.78, 5) is 19.5. The third-order valence-electron chi connectivity index (χ3n) is 4.73. The Hall–Kier alpha value is -2.62. The molecule has 4 heteroatoms. The first-order valence-corrected chi connectivity index (χ1v) is 8.40. The van der Waals surface area contributed by atoms with E-state index in [-0.39, 0.29) is 11.9 Å². The topological polar surface area (TPSA) is 46.3 Å². The minimum Gasteiger partial charge on any atom is -0.464 e. The predicted molar refractivity (Wildman–Crippen MR) is 92.6 cm³/mol. The maximum absolute atomic E-state index is 12.9. The predicted octanol–water partition coefficient (Wildman–Crippen LogP) is 4.04. The van der Waals surface area contributed by atoms with Gasteiger partial charge in [0.15, 0.2) is 0 Å². The molecule has 0 radical (unpaired) electrons. The molecule has 0 aliphatic carbocycles. The normalized spacial score (nSPS) is 17.5. The van der Waals surface area contributed by atoms with Crippen LogP contribution < -0.4 is 0 Å². The van der Waals surface area contributed by atoms with Crippen molar-refractivity contribution < 1.29 is 9.21 Å². The van der Waals surface area contributed by atoms with Gasteiger partial charge in [-0.1, -0.05) is 24.3 Å². The van der Waals surface area contributed by atoms with Crippen LogP contribution in [0.1, 0.15) is 35.8 Å². The number of hydrogen-bond donors (Lipinski definition) is 0. The van der Waals surface area contributed by atoms with E-state index in [0.29, 0.717) is 6.42 Å². The standard InChI is InChI=1S/C20H20N2O2/c1-14-6-4-8-17(21-14)18-9-5-11-22(18)20(23)12-15-13-24-19-10-3-2-7-16(15)19/h2-4,6-8,10,13,18H,5,9,11-12H2,1H3. The number of rotatable bonds is 3. The SMILES string of the molecule is Cc1cccc(C2CCCN2C(=O)Cc2coc3ccccc23)n1. The molecule has 122 valence electrons. The number of carbonyl (C=O) groups excluding carboxylic acids is 1. The van der Waals surface area contributed by atoms with Crippen LogP contribution in [0.15, 0.2) is 53.1 Å². The largest absolute Gasteiger partial charge is 0.464 e. The van der Waals surface area contributed by atoms with Gasteiger partial charge < -0.3 is 9.32 Å². The molecule has 1 aromatic carbocycles. The van der Waals surface area contributed by atoms with E-state index in [4.69, 9.17) is 4.42 Å². The Morgan fingerprint density at radius 1 is 1.25 bits per heavy atom. The van der Waals surface area contributed by atoms with Gasteiger partial charge in [0.2, 0.25) is 5.91 Å². The van der Waals surface area contributed by atoms with Crippen molar-refractivity contribution in [2.24, 2.45) is 0 Å². The fourth-order valence-electron chi connectivity index (χ4n) is 3.56. The molecule has 1 fully saturated rings. The zero-order valence-corrected chi connectivity index (χ0v) is 13.7. The van der Waals surface area contributed by atoms with Gasteiger partial charge in [-0.3, -0.25) is 9.78 Å². The van der Waals surface area contributed by atoms with Gasteiger partial charge in [-0.25, -0.2) is 0 Å². The average Bonchev–Trinajstić information content (AvgIpc) is 3.22. The summed E-state index contributed by atoms with van der Waals surface area (Å²) >= 11 is 0. The van der Waals surface area contributed by atoms with E-state index in [1.165, 1.54) is 0 Å². The highest BCUT2D eigenvalue weighted by atomic mass is 16.3. The molecule has 4 nitrogen and oxygen atoms in total. The summed E-state index contributed by atoms with van der Waals surface area (Å²) < 4.78 is 5.56. The Morgan fingerprint density at radius 2 is 2.12 bits per heavy atom. The number of furan rings is 1. The van der Waals surface area contributed by atoms with Gasteiger partial charge in [0.05, 0.1) is 24.4 Å². The van der Waals surface area contributed by atoms with Crippen LogP contribution in [0.25, 0.3) is 11.0 Å². The number of nitrogens with zero attached hydrogens (tertiary/aromatic N) is 2. The lowest BCUT2D eigenvalue weighted by Crippen LogP contribution is -2.32. The van der Waals surface area contributed by atoms with Gasteiger partial charge in [-0.15, -0.1) is 0 Å². The van der Waals surface area contributed by atoms with E-state index in [1.807, 2.05) is 54.3 Å². The van der Waals surface area contributed by atoms with E-state index in [2.05, 4.69) is 4.98 Å². The number of benzene rings is 1. The first-order valence-electron chi connectivity index (χ1n) is 8.40. The van der Waals surface area contributed by atoms with Crippen LogP contribution in [0, 0.1) is 6.92 Å². The van der Waals surface area contributed by atoms with E-state index < -0.39 is 0 Å². The smallest absolute Gasteiger partial charge is 0.227 e. The molecule has 0 spiro atoms. The maximum atomic E-state index is 12.9. The molecule has 0 bridgehead atoms. The lowest BCUT2D eigenvalue weighted by molar-refractivity contribution is -0.131. The number of likely N-dealkylation sites (tertiary alicyclic amines) is 1. The Labute approximate surface area is 141 Å². The molecular weight excluding hydrogens is 300 g/mol. The summed E-state index contributed by atoms with van der Waals surface area (Å²) in [5.74, 6) is 0.146. The highest BCUT2D eigenvalue weighted by Gasteiger charge is 2.31. The van der Waals surface area contributed by atoms with Gasteiger partial charge >= 0.3 is 0 Å². The fraction of sp³-hybridized carbons (Fsp3) is 0.300. The zero-order valence-electron chi connectivity index (χ0n) is 13.7. The van der Waals surface area contributed by atoms with Gasteiger partial charge in [-0.2, -0.15) is 0 Å². The molecule has 1 atom stereocenters. The van der Waals surface area contributed by atoms with Gasteiger partial charge in [0.1, 0.15) is 5.58 Å². The number of aromatic nitrogens is 1. The first-order chi connectivity index (χ1) is 11.7. The number of fused-ring (bicyclic) bond motifs is 1. The van der Waals surface area contributed by atoms with Crippen molar-refractivity contribution >= 4 is 16.9 Å². The van der Waals surface area contributed by atoms with Crippen LogP contribution in [0.2, 0.25) is 0 Å². The van der Waals surface area contributed by atoms with Crippen LogP contribution in [0.4, 0.5) is 0 Å². The first kappa shape index (κ1) is 14.9. The van der Waals surface area contributed by atoms with Crippen molar-refractivity contribution in [1.29, 1.82) is 0 Å². The van der Waals surface area contributed by atoms with Crippen LogP contribution in [-0.2, 0) is 11.2 Å². The molecule has 3 heterocycles. The molecule has 1 unspecified atom stereocenters. The van der Waals surface area contributed by atoms with Crippen molar-refractivity contribution in [3.05, 3.63) is 65.7 Å². The molecule has 1 aliphatic rings. The highest BCUT2D eigenvalue weighted by molar-refractivity contribution is 5.87. The second-order valence-electron chi connectivity index (χ2n) is 6.38. The van der Waals surface area contributed by atoms with Gasteiger partial charge in [-0.05, 0) is 38.0 Å². The lowest BCUT2D eigenvalue weighted by Gasteiger charge is -2.24. The summed E-state index contributed by atoms with van der Waals surface area (Å²) in [7, 11) is 0. The average molecular weight is 320 g/mol. The lowest BCUT2D eigenvalue weighted by atomic mass is 10.1. The minimum absolute atomic E-state index is 0.0931. The Kier molecular flexibility index (Phi) is 3.81. The van der Waals surface area contributed by atoms with Gasteiger partial charge in [0.25, 0.3) is 0 Å². The molecule has 1 amide bonds. The van der Waals surface area contributed by atoms with Crippen molar-refractivity contribution in [2.45, 2.75) is 32.2 Å². The summed E-state index contributed by atoms with van der Waals surface area (Å²) in [6, 6.07) is 14.0. The Bertz CT molecular complexity index is 884. The molecule has 4 rings (SSSR count). The third-order valence-corrected chi connectivity index (χ3v) is 4.73. The highest BCUT2D eigenvalue weighted by Crippen LogP contribution is 2.32. The maximum Gasteiger partial charge on any atom is 0.227 e. The second-order valence-corrected chi connectivity index (χ2v) is 6.38. The monoisotopic (exact) mass is 320 g/mol. The van der Waals surface area contributed by atoms with Crippen LogP contribution in [0.3, 0.4) is 0 Å². The van der Waals surface area contributed by atoms with Crippen LogP contribution in [-0.4, -0.2) is 22.3 Å². The minimum atomic E-state index is 0.0931. The fourth-order valence-corrected chi connectivity index (χ4v) is 3.56. The molecular formula is C20H20N2O2. The number of aryl methyl sites for hydroxylation is 1. The zero-order chi connectivity index (χ0) is 16.5.